The molecule has 0 radical (unpaired) electrons. The van der Waals surface area contributed by atoms with E-state index in [1.54, 1.807) is 0 Å². The third-order valence-corrected chi connectivity index (χ3v) is 3.01. The summed E-state index contributed by atoms with van der Waals surface area (Å²) in [4.78, 5) is 11.0. The number of hydrogen-bond acceptors (Lipinski definition) is 2. The van der Waals surface area contributed by atoms with Crippen LogP contribution in [0.15, 0.2) is 0 Å². The molecule has 0 amide bonds. The van der Waals surface area contributed by atoms with Crippen molar-refractivity contribution in [1.82, 2.24) is 0 Å². The predicted octanol–water partition coefficient (Wildman–Crippen LogP) is 1.26. The molecule has 1 fully saturated rings. The molecule has 0 spiro atoms. The second kappa shape index (κ2) is 2.46. The topological polar surface area (TPSA) is 57.5 Å². The standard InChI is InChI=1S/C9H16O3/c1-8(2,3)9(7(11)12)4-6(10)5-9/h6,10H,4-5H2,1-3H3,(H,11,12). The van der Waals surface area contributed by atoms with Crippen LogP contribution in [-0.4, -0.2) is 22.3 Å². The van der Waals surface area contributed by atoms with E-state index in [2.05, 4.69) is 0 Å². The first kappa shape index (κ1) is 9.52. The molecule has 0 unspecified atom stereocenters. The molecule has 0 aromatic rings. The maximum Gasteiger partial charge on any atom is 0.310 e. The van der Waals surface area contributed by atoms with Crippen molar-refractivity contribution in [3.05, 3.63) is 0 Å². The smallest absolute Gasteiger partial charge is 0.310 e. The molecule has 1 rings (SSSR count). The van der Waals surface area contributed by atoms with Crippen LogP contribution in [0, 0.1) is 10.8 Å². The van der Waals surface area contributed by atoms with Gasteiger partial charge in [-0.1, -0.05) is 20.8 Å². The lowest BCUT2D eigenvalue weighted by molar-refractivity contribution is -0.178. The van der Waals surface area contributed by atoms with Crippen molar-refractivity contribution in [2.24, 2.45) is 10.8 Å². The van der Waals surface area contributed by atoms with E-state index in [9.17, 15) is 4.79 Å². The number of carboxylic acid groups (broad SMARTS) is 1. The van der Waals surface area contributed by atoms with E-state index < -0.39 is 17.5 Å². The summed E-state index contributed by atoms with van der Waals surface area (Å²) in [5, 5.41) is 18.2. The first-order valence-electron chi connectivity index (χ1n) is 4.21. The average Bonchev–Trinajstić information content (AvgIpc) is 1.76. The van der Waals surface area contributed by atoms with Gasteiger partial charge in [0.2, 0.25) is 0 Å². The Hall–Kier alpha value is -0.570. The van der Waals surface area contributed by atoms with Gasteiger partial charge >= 0.3 is 5.97 Å². The van der Waals surface area contributed by atoms with Crippen LogP contribution in [0.2, 0.25) is 0 Å². The second-order valence-electron chi connectivity index (χ2n) is 4.70. The predicted molar refractivity (Wildman–Crippen MR) is 44.8 cm³/mol. The van der Waals surface area contributed by atoms with Crippen molar-refractivity contribution < 1.29 is 15.0 Å². The van der Waals surface area contributed by atoms with Gasteiger partial charge in [0.25, 0.3) is 0 Å². The zero-order valence-electron chi connectivity index (χ0n) is 7.79. The Morgan fingerprint density at radius 1 is 1.42 bits per heavy atom. The number of carboxylic acids is 1. The number of hydrogen-bond donors (Lipinski definition) is 2. The van der Waals surface area contributed by atoms with E-state index in [1.165, 1.54) is 0 Å². The van der Waals surface area contributed by atoms with Crippen LogP contribution in [0.5, 0.6) is 0 Å². The van der Waals surface area contributed by atoms with Crippen molar-refractivity contribution in [2.75, 3.05) is 0 Å². The van der Waals surface area contributed by atoms with E-state index in [0.29, 0.717) is 12.8 Å². The van der Waals surface area contributed by atoms with Gasteiger partial charge < -0.3 is 10.2 Å². The molecule has 2 N–H and O–H groups in total. The highest BCUT2D eigenvalue weighted by Crippen LogP contribution is 2.53. The normalized spacial score (nSPS) is 35.8. The highest BCUT2D eigenvalue weighted by atomic mass is 16.4. The number of carbonyl (C=O) groups is 1. The molecule has 1 saturated carbocycles. The van der Waals surface area contributed by atoms with Crippen molar-refractivity contribution in [3.8, 4) is 0 Å². The average molecular weight is 172 g/mol. The van der Waals surface area contributed by atoms with E-state index in [0.717, 1.165) is 0 Å². The molecule has 0 saturated heterocycles. The van der Waals surface area contributed by atoms with E-state index >= 15 is 0 Å². The summed E-state index contributed by atoms with van der Waals surface area (Å²) in [6.45, 7) is 5.73. The monoisotopic (exact) mass is 172 g/mol. The minimum Gasteiger partial charge on any atom is -0.481 e. The van der Waals surface area contributed by atoms with Crippen LogP contribution in [0.1, 0.15) is 33.6 Å². The SMILES string of the molecule is CC(C)(C)C1(C(=O)O)CC(O)C1. The molecule has 1 aliphatic carbocycles. The molecule has 12 heavy (non-hydrogen) atoms. The Kier molecular flexibility index (Phi) is 1.95. The van der Waals surface area contributed by atoms with Crippen LogP contribution in [0.25, 0.3) is 0 Å². The fourth-order valence-corrected chi connectivity index (χ4v) is 1.85. The molecule has 0 aromatic carbocycles. The van der Waals surface area contributed by atoms with E-state index in [-0.39, 0.29) is 5.41 Å². The largest absolute Gasteiger partial charge is 0.481 e. The lowest BCUT2D eigenvalue weighted by Gasteiger charge is -2.50. The maximum absolute atomic E-state index is 11.0. The van der Waals surface area contributed by atoms with Gasteiger partial charge in [0.15, 0.2) is 0 Å². The van der Waals surface area contributed by atoms with Gasteiger partial charge in [-0.3, -0.25) is 4.79 Å². The minimum atomic E-state index is -0.777. The molecule has 3 nitrogen and oxygen atoms in total. The van der Waals surface area contributed by atoms with Gasteiger partial charge in [-0.25, -0.2) is 0 Å². The van der Waals surface area contributed by atoms with Crippen molar-refractivity contribution in [3.63, 3.8) is 0 Å². The van der Waals surface area contributed by atoms with Crippen molar-refractivity contribution in [2.45, 2.75) is 39.7 Å². The quantitative estimate of drug-likeness (QED) is 0.626. The first-order chi connectivity index (χ1) is 5.29. The van der Waals surface area contributed by atoms with Crippen molar-refractivity contribution >= 4 is 5.97 Å². The lowest BCUT2D eigenvalue weighted by atomic mass is 9.54. The van der Waals surface area contributed by atoms with E-state index in [1.807, 2.05) is 20.8 Å². The van der Waals surface area contributed by atoms with Crippen LogP contribution >= 0.6 is 0 Å². The molecule has 0 aliphatic heterocycles. The maximum atomic E-state index is 11.0. The van der Waals surface area contributed by atoms with Crippen molar-refractivity contribution in [1.29, 1.82) is 0 Å². The second-order valence-corrected chi connectivity index (χ2v) is 4.70. The van der Waals surface area contributed by atoms with Gasteiger partial charge in [0.05, 0.1) is 11.5 Å². The summed E-state index contributed by atoms with van der Waals surface area (Å²) in [7, 11) is 0. The third kappa shape index (κ3) is 1.12. The van der Waals surface area contributed by atoms with Gasteiger partial charge in [-0.05, 0) is 18.3 Å². The highest BCUT2D eigenvalue weighted by molar-refractivity contribution is 5.77. The highest BCUT2D eigenvalue weighted by Gasteiger charge is 2.57. The van der Waals surface area contributed by atoms with Crippen LogP contribution in [-0.2, 0) is 4.79 Å². The minimum absolute atomic E-state index is 0.266. The Balaban J connectivity index is 2.84. The number of rotatable bonds is 1. The fourth-order valence-electron chi connectivity index (χ4n) is 1.85. The van der Waals surface area contributed by atoms with Gasteiger partial charge in [-0.2, -0.15) is 0 Å². The first-order valence-corrected chi connectivity index (χ1v) is 4.21. The molecule has 3 heteroatoms. The van der Waals surface area contributed by atoms with Gasteiger partial charge in [0.1, 0.15) is 0 Å². The Morgan fingerprint density at radius 2 is 1.83 bits per heavy atom. The summed E-state index contributed by atoms with van der Waals surface area (Å²) in [5.41, 5.74) is -0.968. The van der Waals surface area contributed by atoms with Gasteiger partial charge in [0, 0.05) is 0 Å². The summed E-state index contributed by atoms with van der Waals surface area (Å²) < 4.78 is 0. The molecule has 0 heterocycles. The fraction of sp³-hybridized carbons (Fsp3) is 0.889. The summed E-state index contributed by atoms with van der Waals surface area (Å²) in [5.74, 6) is -0.777. The Bertz CT molecular complexity index is 196. The molecular weight excluding hydrogens is 156 g/mol. The Labute approximate surface area is 72.4 Å². The molecule has 0 atom stereocenters. The van der Waals surface area contributed by atoms with E-state index in [4.69, 9.17) is 10.2 Å². The molecule has 0 bridgehead atoms. The lowest BCUT2D eigenvalue weighted by Crippen LogP contribution is -2.54. The summed E-state index contributed by atoms with van der Waals surface area (Å²) >= 11 is 0. The Morgan fingerprint density at radius 3 is 1.92 bits per heavy atom. The molecule has 0 aromatic heterocycles. The number of aliphatic carboxylic acids is 1. The number of aliphatic hydroxyl groups excluding tert-OH is 1. The molecular formula is C9H16O3. The van der Waals surface area contributed by atoms with Crippen LogP contribution < -0.4 is 0 Å². The van der Waals surface area contributed by atoms with Crippen LogP contribution in [0.3, 0.4) is 0 Å². The number of aliphatic hydroxyl groups is 1. The third-order valence-electron chi connectivity index (χ3n) is 3.01. The molecule has 70 valence electrons. The zero-order valence-corrected chi connectivity index (χ0v) is 7.79. The zero-order chi connectivity index (χ0) is 9.57. The van der Waals surface area contributed by atoms with Gasteiger partial charge in [-0.15, -0.1) is 0 Å². The summed E-state index contributed by atoms with van der Waals surface area (Å²) in [6, 6.07) is 0. The molecule has 1 aliphatic rings. The van der Waals surface area contributed by atoms with Crippen LogP contribution in [0.4, 0.5) is 0 Å². The summed E-state index contributed by atoms with van der Waals surface area (Å²) in [6.07, 6.45) is 0.373.